The summed E-state index contributed by atoms with van der Waals surface area (Å²) in [6.07, 6.45) is 0.638. The maximum Gasteiger partial charge on any atom is 0.339 e. The van der Waals surface area contributed by atoms with Gasteiger partial charge in [-0.15, -0.1) is 0 Å². The molecule has 0 spiro atoms. The number of carbonyl (C=O) groups is 1. The van der Waals surface area contributed by atoms with Crippen LogP contribution in [0.2, 0.25) is 0 Å². The largest absolute Gasteiger partial charge is 0.465 e. The van der Waals surface area contributed by atoms with Gasteiger partial charge in [0.2, 0.25) is 0 Å². The average molecular weight is 410 g/mol. The number of esters is 1. The molecule has 1 aliphatic heterocycles. The summed E-state index contributed by atoms with van der Waals surface area (Å²) in [4.78, 5) is 12.0. The third-order valence-electron chi connectivity index (χ3n) is 4.03. The smallest absolute Gasteiger partial charge is 0.339 e. The molecule has 2 aromatic rings. The molecule has 0 bridgehead atoms. The lowest BCUT2D eigenvalue weighted by Crippen LogP contribution is -2.36. The molecule has 0 saturated carbocycles. The lowest BCUT2D eigenvalue weighted by molar-refractivity contribution is 0.0596. The number of para-hydroxylation sites is 1. The number of sulfonamides is 1. The van der Waals surface area contributed by atoms with Crippen molar-refractivity contribution < 1.29 is 17.9 Å². The molecule has 0 saturated heterocycles. The van der Waals surface area contributed by atoms with Crippen molar-refractivity contribution in [2.75, 3.05) is 11.4 Å². The Morgan fingerprint density at radius 1 is 1.25 bits per heavy atom. The molecule has 3 rings (SSSR count). The standard InChI is InChI=1S/C17H16BrNO4S/c1-11-9-12-5-3-4-6-15(12)19(11)24(21,22)16-8-7-13(18)10-14(16)17(20)23-2/h3-8,10-11H,9H2,1-2H3/t11-/m1/s1. The van der Waals surface area contributed by atoms with Crippen LogP contribution >= 0.6 is 15.9 Å². The number of benzene rings is 2. The van der Waals surface area contributed by atoms with Crippen LogP contribution in [0.5, 0.6) is 0 Å². The second-order valence-corrected chi connectivity index (χ2v) is 8.31. The van der Waals surface area contributed by atoms with Crippen molar-refractivity contribution in [3.05, 3.63) is 58.1 Å². The van der Waals surface area contributed by atoms with Crippen molar-refractivity contribution in [2.45, 2.75) is 24.3 Å². The van der Waals surface area contributed by atoms with Gasteiger partial charge in [-0.05, 0) is 43.2 Å². The van der Waals surface area contributed by atoms with Crippen LogP contribution in [0.4, 0.5) is 5.69 Å². The molecule has 1 aliphatic rings. The minimum atomic E-state index is -3.89. The van der Waals surface area contributed by atoms with Crippen molar-refractivity contribution in [2.24, 2.45) is 0 Å². The van der Waals surface area contributed by atoms with E-state index in [4.69, 9.17) is 4.74 Å². The highest BCUT2D eigenvalue weighted by atomic mass is 79.9. The van der Waals surface area contributed by atoms with Crippen LogP contribution in [0.3, 0.4) is 0 Å². The molecule has 0 unspecified atom stereocenters. The summed E-state index contributed by atoms with van der Waals surface area (Å²) in [6.45, 7) is 1.86. The van der Waals surface area contributed by atoms with Gasteiger partial charge in [-0.2, -0.15) is 0 Å². The number of ether oxygens (including phenoxy) is 1. The van der Waals surface area contributed by atoms with E-state index in [1.807, 2.05) is 25.1 Å². The van der Waals surface area contributed by atoms with Gasteiger partial charge in [-0.1, -0.05) is 34.1 Å². The Hall–Kier alpha value is -1.86. The topological polar surface area (TPSA) is 63.7 Å². The Bertz CT molecular complexity index is 911. The summed E-state index contributed by atoms with van der Waals surface area (Å²) in [5.74, 6) is -0.685. The molecule has 0 aliphatic carbocycles. The van der Waals surface area contributed by atoms with Crippen molar-refractivity contribution in [1.29, 1.82) is 0 Å². The van der Waals surface area contributed by atoms with Gasteiger partial charge >= 0.3 is 5.97 Å². The van der Waals surface area contributed by atoms with Crippen LogP contribution in [-0.2, 0) is 21.2 Å². The van der Waals surface area contributed by atoms with Crippen LogP contribution in [0.25, 0.3) is 0 Å². The minimum Gasteiger partial charge on any atom is -0.465 e. The fraction of sp³-hybridized carbons (Fsp3) is 0.235. The number of hydrogen-bond acceptors (Lipinski definition) is 4. The number of halogens is 1. The molecule has 1 heterocycles. The Balaban J connectivity index is 2.18. The first-order valence-corrected chi connectivity index (χ1v) is 9.59. The van der Waals surface area contributed by atoms with Gasteiger partial charge in [-0.25, -0.2) is 13.2 Å². The third-order valence-corrected chi connectivity index (χ3v) is 6.51. The molecule has 5 nitrogen and oxygen atoms in total. The Morgan fingerprint density at radius 2 is 1.96 bits per heavy atom. The Kier molecular flexibility index (Phi) is 4.40. The zero-order chi connectivity index (χ0) is 17.5. The monoisotopic (exact) mass is 409 g/mol. The van der Waals surface area contributed by atoms with E-state index in [1.54, 1.807) is 12.1 Å². The van der Waals surface area contributed by atoms with Crippen LogP contribution in [0, 0.1) is 0 Å². The van der Waals surface area contributed by atoms with Crippen LogP contribution in [0.1, 0.15) is 22.8 Å². The van der Waals surface area contributed by atoms with Gasteiger partial charge in [-0.3, -0.25) is 4.31 Å². The lowest BCUT2D eigenvalue weighted by atomic mass is 10.1. The number of rotatable bonds is 3. The number of fused-ring (bicyclic) bond motifs is 1. The summed E-state index contributed by atoms with van der Waals surface area (Å²) in [5.41, 5.74) is 1.65. The van der Waals surface area contributed by atoms with E-state index in [2.05, 4.69) is 15.9 Å². The third kappa shape index (κ3) is 2.71. The molecular weight excluding hydrogens is 394 g/mol. The molecule has 0 amide bonds. The maximum absolute atomic E-state index is 13.3. The fourth-order valence-corrected chi connectivity index (χ4v) is 5.22. The lowest BCUT2D eigenvalue weighted by Gasteiger charge is -2.25. The Morgan fingerprint density at radius 3 is 2.67 bits per heavy atom. The van der Waals surface area contributed by atoms with Crippen molar-refractivity contribution in [1.82, 2.24) is 0 Å². The average Bonchev–Trinajstić information content (AvgIpc) is 2.90. The van der Waals surface area contributed by atoms with E-state index in [-0.39, 0.29) is 16.5 Å². The number of hydrogen-bond donors (Lipinski definition) is 0. The molecule has 126 valence electrons. The van der Waals surface area contributed by atoms with Crippen molar-refractivity contribution >= 4 is 37.6 Å². The quantitative estimate of drug-likeness (QED) is 0.728. The van der Waals surface area contributed by atoms with E-state index in [1.165, 1.54) is 23.5 Å². The molecule has 2 aromatic carbocycles. The highest BCUT2D eigenvalue weighted by Gasteiger charge is 2.37. The molecule has 0 aromatic heterocycles. The number of nitrogens with zero attached hydrogens (tertiary/aromatic N) is 1. The minimum absolute atomic E-state index is 0.0171. The summed E-state index contributed by atoms with van der Waals surface area (Å²) in [7, 11) is -2.66. The highest BCUT2D eigenvalue weighted by molar-refractivity contribution is 9.10. The fourth-order valence-electron chi connectivity index (χ4n) is 3.01. The predicted octanol–water partition coefficient (Wildman–Crippen LogP) is 3.38. The van der Waals surface area contributed by atoms with E-state index in [0.717, 1.165) is 5.56 Å². The summed E-state index contributed by atoms with van der Waals surface area (Å²) in [6, 6.07) is 11.7. The molecule has 24 heavy (non-hydrogen) atoms. The van der Waals surface area contributed by atoms with Crippen molar-refractivity contribution in [3.63, 3.8) is 0 Å². The van der Waals surface area contributed by atoms with E-state index >= 15 is 0 Å². The summed E-state index contributed by atoms with van der Waals surface area (Å²) in [5, 5.41) is 0. The van der Waals surface area contributed by atoms with E-state index < -0.39 is 16.0 Å². The molecule has 1 atom stereocenters. The molecule has 7 heteroatoms. The highest BCUT2D eigenvalue weighted by Crippen LogP contribution is 2.37. The van der Waals surface area contributed by atoms with Gasteiger partial charge in [0.1, 0.15) is 4.90 Å². The number of anilines is 1. The zero-order valence-electron chi connectivity index (χ0n) is 13.2. The van der Waals surface area contributed by atoms with Gasteiger partial charge in [0.05, 0.1) is 18.4 Å². The number of methoxy groups -OCH3 is 1. The van der Waals surface area contributed by atoms with Gasteiger partial charge in [0, 0.05) is 10.5 Å². The van der Waals surface area contributed by atoms with Gasteiger partial charge < -0.3 is 4.74 Å². The van der Waals surface area contributed by atoms with Gasteiger partial charge in [0.15, 0.2) is 0 Å². The van der Waals surface area contributed by atoms with E-state index in [9.17, 15) is 13.2 Å². The normalized spacial score (nSPS) is 16.8. The van der Waals surface area contributed by atoms with Crippen molar-refractivity contribution in [3.8, 4) is 0 Å². The molecule has 0 radical (unpaired) electrons. The van der Waals surface area contributed by atoms with Crippen LogP contribution in [0.15, 0.2) is 51.8 Å². The molecular formula is C17H16BrNO4S. The first kappa shape index (κ1) is 17.0. The first-order valence-electron chi connectivity index (χ1n) is 7.36. The summed E-state index contributed by atoms with van der Waals surface area (Å²) < 4.78 is 33.3. The summed E-state index contributed by atoms with van der Waals surface area (Å²) >= 11 is 3.27. The first-order chi connectivity index (χ1) is 11.4. The van der Waals surface area contributed by atoms with Crippen LogP contribution < -0.4 is 4.31 Å². The van der Waals surface area contributed by atoms with Crippen LogP contribution in [-0.4, -0.2) is 27.5 Å². The van der Waals surface area contributed by atoms with E-state index in [0.29, 0.717) is 16.6 Å². The van der Waals surface area contributed by atoms with Gasteiger partial charge in [0.25, 0.3) is 10.0 Å². The maximum atomic E-state index is 13.3. The Labute approximate surface area is 149 Å². The second kappa shape index (κ2) is 6.22. The number of carbonyl (C=O) groups excluding carboxylic acids is 1. The molecule has 0 N–H and O–H groups in total. The second-order valence-electron chi connectivity index (χ2n) is 5.61. The SMILES string of the molecule is COC(=O)c1cc(Br)ccc1S(=O)(=O)N1c2ccccc2C[C@H]1C. The zero-order valence-corrected chi connectivity index (χ0v) is 15.6. The molecule has 0 fully saturated rings. The predicted molar refractivity (Wildman–Crippen MR) is 94.8 cm³/mol.